The van der Waals surface area contributed by atoms with Crippen LogP contribution in [0, 0.1) is 11.6 Å². The van der Waals surface area contributed by atoms with E-state index in [1.807, 2.05) is 0 Å². The lowest BCUT2D eigenvalue weighted by molar-refractivity contribution is -0.139. The van der Waals surface area contributed by atoms with Crippen molar-refractivity contribution >= 4 is 21.1 Å². The van der Waals surface area contributed by atoms with Crippen molar-refractivity contribution in [3.8, 4) is 0 Å². The maximum Gasteiger partial charge on any atom is 0.326 e. The van der Waals surface area contributed by atoms with Crippen LogP contribution in [0.3, 0.4) is 0 Å². The molecule has 3 aromatic rings. The van der Waals surface area contributed by atoms with Gasteiger partial charge >= 0.3 is 11.6 Å². The lowest BCUT2D eigenvalue weighted by Crippen LogP contribution is -2.43. The molecule has 0 aliphatic heterocycles. The Hall–Kier alpha value is -3.59. The molecule has 7 nitrogen and oxygen atoms in total. The van der Waals surface area contributed by atoms with Crippen LogP contribution in [0.15, 0.2) is 53.3 Å². The van der Waals surface area contributed by atoms with E-state index in [4.69, 9.17) is 0 Å². The number of benzene rings is 2. The van der Waals surface area contributed by atoms with Gasteiger partial charge in [0.15, 0.2) is 0 Å². The van der Waals surface area contributed by atoms with Gasteiger partial charge in [0.1, 0.15) is 28.9 Å². The van der Waals surface area contributed by atoms with E-state index < -0.39 is 52.0 Å². The summed E-state index contributed by atoms with van der Waals surface area (Å²) in [5, 5.41) is 15.2. The van der Waals surface area contributed by atoms with Crippen molar-refractivity contribution in [1.82, 2.24) is 15.1 Å². The highest BCUT2D eigenvalue weighted by atomic mass is 31.0. The molecule has 0 spiro atoms. The van der Waals surface area contributed by atoms with Gasteiger partial charge in [-0.3, -0.25) is 9.59 Å². The lowest BCUT2D eigenvalue weighted by atomic mass is 9.99. The number of aryl methyl sites for hydroxylation is 1. The predicted molar refractivity (Wildman–Crippen MR) is 121 cm³/mol. The van der Waals surface area contributed by atoms with Gasteiger partial charge in [-0.2, -0.15) is 13.9 Å². The zero-order chi connectivity index (χ0) is 25.9. The molecule has 35 heavy (non-hydrogen) atoms. The Morgan fingerprint density at radius 2 is 1.71 bits per heavy atom. The van der Waals surface area contributed by atoms with Crippen LogP contribution >= 0.6 is 9.24 Å². The van der Waals surface area contributed by atoms with E-state index in [1.165, 1.54) is 16.3 Å². The first-order valence-electron chi connectivity index (χ1n) is 10.2. The highest BCUT2D eigenvalue weighted by Crippen LogP contribution is 2.33. The molecule has 0 aliphatic rings. The third-order valence-corrected chi connectivity index (χ3v) is 5.39. The van der Waals surface area contributed by atoms with E-state index in [0.717, 1.165) is 28.9 Å². The van der Waals surface area contributed by atoms with Gasteiger partial charge in [-0.25, -0.2) is 18.3 Å². The summed E-state index contributed by atoms with van der Waals surface area (Å²) < 4.78 is 55.9. The maximum absolute atomic E-state index is 13.9. The van der Waals surface area contributed by atoms with Crippen LogP contribution in [0.2, 0.25) is 0 Å². The SMILES string of the molecule is Cn1nc(C(F)(F)P)cc(Cc2cccc(CC(NC(=O)c3c(F)cccc3F)C(=O)O)c2)c1=O. The highest BCUT2D eigenvalue weighted by molar-refractivity contribution is 7.17. The zero-order valence-electron chi connectivity index (χ0n) is 18.3. The number of carbonyl (C=O) groups excluding carboxylic acids is 1. The smallest absolute Gasteiger partial charge is 0.326 e. The molecule has 0 saturated heterocycles. The first-order chi connectivity index (χ1) is 16.4. The fourth-order valence-corrected chi connectivity index (χ4v) is 3.57. The summed E-state index contributed by atoms with van der Waals surface area (Å²) in [4.78, 5) is 36.4. The summed E-state index contributed by atoms with van der Waals surface area (Å²) in [5.41, 5.74) is -4.43. The van der Waals surface area contributed by atoms with Crippen LogP contribution in [0.4, 0.5) is 17.6 Å². The summed E-state index contributed by atoms with van der Waals surface area (Å²) in [6.07, 6.45) is -0.282. The van der Waals surface area contributed by atoms with Crippen molar-refractivity contribution in [2.45, 2.75) is 24.5 Å². The third kappa shape index (κ3) is 6.30. The van der Waals surface area contributed by atoms with Crippen molar-refractivity contribution in [2.75, 3.05) is 0 Å². The van der Waals surface area contributed by atoms with E-state index in [1.54, 1.807) is 24.3 Å². The zero-order valence-corrected chi connectivity index (χ0v) is 19.4. The molecule has 3 rings (SSSR count). The van der Waals surface area contributed by atoms with Gasteiger partial charge in [-0.05, 0) is 29.3 Å². The molecule has 2 aromatic carbocycles. The lowest BCUT2D eigenvalue weighted by Gasteiger charge is -2.16. The van der Waals surface area contributed by atoms with Crippen LogP contribution in [-0.4, -0.2) is 32.8 Å². The Labute approximate surface area is 199 Å². The first-order valence-corrected chi connectivity index (χ1v) is 10.7. The van der Waals surface area contributed by atoms with Gasteiger partial charge in [-0.1, -0.05) is 39.6 Å². The molecule has 1 aromatic heterocycles. The van der Waals surface area contributed by atoms with Crippen molar-refractivity contribution in [2.24, 2.45) is 7.05 Å². The topological polar surface area (TPSA) is 101 Å². The molecule has 0 radical (unpaired) electrons. The molecule has 0 saturated carbocycles. The quantitative estimate of drug-likeness (QED) is 0.359. The second-order valence-corrected chi connectivity index (χ2v) is 8.49. The van der Waals surface area contributed by atoms with E-state index in [-0.39, 0.29) is 18.4 Å². The minimum atomic E-state index is -3.34. The average Bonchev–Trinajstić information content (AvgIpc) is 2.75. The summed E-state index contributed by atoms with van der Waals surface area (Å²) >= 11 is 0. The fourth-order valence-electron chi connectivity index (χ4n) is 3.43. The van der Waals surface area contributed by atoms with Crippen LogP contribution in [0.1, 0.15) is 32.7 Å². The van der Waals surface area contributed by atoms with Crippen molar-refractivity contribution < 1.29 is 32.3 Å². The monoisotopic (exact) mass is 509 g/mol. The molecule has 184 valence electrons. The number of rotatable bonds is 8. The number of alkyl halides is 2. The first kappa shape index (κ1) is 26.0. The Kier molecular flexibility index (Phi) is 7.70. The second kappa shape index (κ2) is 10.4. The van der Waals surface area contributed by atoms with Crippen LogP contribution in [0.25, 0.3) is 0 Å². The largest absolute Gasteiger partial charge is 0.480 e. The molecule has 0 bridgehead atoms. The van der Waals surface area contributed by atoms with E-state index >= 15 is 0 Å². The molecule has 12 heteroatoms. The van der Waals surface area contributed by atoms with E-state index in [2.05, 4.69) is 10.4 Å². The highest BCUT2D eigenvalue weighted by Gasteiger charge is 2.28. The molecule has 2 N–H and O–H groups in total. The Morgan fingerprint density at radius 3 is 2.31 bits per heavy atom. The molecule has 0 aliphatic carbocycles. The van der Waals surface area contributed by atoms with Crippen LogP contribution in [-0.2, 0) is 30.3 Å². The van der Waals surface area contributed by atoms with Gasteiger partial charge in [-0.15, -0.1) is 0 Å². The van der Waals surface area contributed by atoms with Gasteiger partial charge < -0.3 is 10.4 Å². The molecule has 2 atom stereocenters. The number of carboxylic acid groups (broad SMARTS) is 1. The maximum atomic E-state index is 13.9. The molecular weight excluding hydrogens is 489 g/mol. The number of aromatic nitrogens is 2. The second-order valence-electron chi connectivity index (χ2n) is 7.77. The summed E-state index contributed by atoms with van der Waals surface area (Å²) in [6, 6.07) is 8.59. The summed E-state index contributed by atoms with van der Waals surface area (Å²) in [7, 11) is 2.60. The number of nitrogens with one attached hydrogen (secondary N) is 1. The number of carboxylic acids is 1. The number of carbonyl (C=O) groups is 2. The summed E-state index contributed by atoms with van der Waals surface area (Å²) in [6.45, 7) is 0. The van der Waals surface area contributed by atoms with Crippen LogP contribution in [0.5, 0.6) is 0 Å². The Balaban J connectivity index is 1.83. The summed E-state index contributed by atoms with van der Waals surface area (Å²) in [5.74, 6) is -4.93. The van der Waals surface area contributed by atoms with Crippen molar-refractivity contribution in [1.29, 1.82) is 0 Å². The number of halogens is 4. The minimum absolute atomic E-state index is 0.0404. The predicted octanol–water partition coefficient (Wildman–Crippen LogP) is 3.00. The number of hydrogen-bond donors (Lipinski definition) is 2. The van der Waals surface area contributed by atoms with E-state index in [9.17, 15) is 37.1 Å². The molecule has 1 heterocycles. The molecule has 2 unspecified atom stereocenters. The van der Waals surface area contributed by atoms with Crippen LogP contribution < -0.4 is 10.9 Å². The van der Waals surface area contributed by atoms with Crippen molar-refractivity contribution in [3.05, 3.63) is 98.5 Å². The standard InChI is InChI=1S/C23H20F4N3O4P/c1-30-21(32)14(11-18(29-30)23(26,27)35)9-12-4-2-5-13(8-12)10-17(22(33)34)28-20(31)19-15(24)6-3-7-16(19)25/h2-8,11,17H,9-10,35H2,1H3,(H,28,31)(H,33,34). The molecular formula is C23H20F4N3O4P. The Morgan fingerprint density at radius 1 is 1.11 bits per heavy atom. The van der Waals surface area contributed by atoms with Gasteiger partial charge in [0.2, 0.25) is 0 Å². The normalized spacial score (nSPS) is 12.3. The van der Waals surface area contributed by atoms with Crippen molar-refractivity contribution in [3.63, 3.8) is 0 Å². The fraction of sp³-hybridized carbons (Fsp3) is 0.217. The molecule has 1 amide bonds. The number of amides is 1. The van der Waals surface area contributed by atoms with Gasteiger partial charge in [0.25, 0.3) is 11.5 Å². The minimum Gasteiger partial charge on any atom is -0.480 e. The average molecular weight is 509 g/mol. The molecule has 0 fully saturated rings. The van der Waals surface area contributed by atoms with E-state index in [0.29, 0.717) is 11.1 Å². The Bertz CT molecular complexity index is 1320. The number of nitrogens with zero attached hydrogens (tertiary/aromatic N) is 2. The number of aliphatic carboxylic acids is 1. The number of hydrogen-bond acceptors (Lipinski definition) is 4. The van der Waals surface area contributed by atoms with Gasteiger partial charge in [0.05, 0.1) is 0 Å². The van der Waals surface area contributed by atoms with Gasteiger partial charge in [0, 0.05) is 25.5 Å². The third-order valence-electron chi connectivity index (χ3n) is 5.10.